The molecule has 35 heavy (non-hydrogen) atoms. The number of fused-ring (bicyclic) bond motifs is 2. The fourth-order valence-corrected chi connectivity index (χ4v) is 5.07. The summed E-state index contributed by atoms with van der Waals surface area (Å²) in [5.74, 6) is -0.0273. The van der Waals surface area contributed by atoms with E-state index in [1.165, 1.54) is 6.07 Å². The maximum Gasteiger partial charge on any atom is 0.737 e. The summed E-state index contributed by atoms with van der Waals surface area (Å²) < 4.78 is 34.7. The molecular formula is C27H23BF2N4O. The molecule has 1 aromatic heterocycles. The Hall–Kier alpha value is -4.38. The predicted octanol–water partition coefficient (Wildman–Crippen LogP) is 5.39. The fourth-order valence-electron chi connectivity index (χ4n) is 5.07. The van der Waals surface area contributed by atoms with Crippen LogP contribution in [-0.2, 0) is 0 Å². The lowest BCUT2D eigenvalue weighted by atomic mass is 9.83. The molecule has 5 nitrogen and oxygen atoms in total. The van der Waals surface area contributed by atoms with Crippen molar-refractivity contribution in [2.45, 2.75) is 20.8 Å². The summed E-state index contributed by atoms with van der Waals surface area (Å²) >= 11 is 0. The number of hydrogen-bond acceptors (Lipinski definition) is 3. The van der Waals surface area contributed by atoms with Gasteiger partial charge >= 0.3 is 6.97 Å². The third-order valence-electron chi connectivity index (χ3n) is 6.57. The van der Waals surface area contributed by atoms with Crippen LogP contribution in [-0.4, -0.2) is 26.8 Å². The van der Waals surface area contributed by atoms with E-state index in [0.717, 1.165) is 25.7 Å². The first kappa shape index (κ1) is 22.4. The Balaban J connectivity index is 1.78. The van der Waals surface area contributed by atoms with Gasteiger partial charge in [0.2, 0.25) is 0 Å². The van der Waals surface area contributed by atoms with Gasteiger partial charge in [0, 0.05) is 23.4 Å². The fraction of sp³-hybridized carbons (Fsp3) is 0.111. The highest BCUT2D eigenvalue weighted by molar-refractivity contribution is 6.58. The second kappa shape index (κ2) is 7.85. The van der Waals surface area contributed by atoms with E-state index in [1.54, 1.807) is 55.5 Å². The number of benzene rings is 2. The lowest BCUT2D eigenvalue weighted by Crippen LogP contribution is -2.51. The number of phenols is 1. The van der Waals surface area contributed by atoms with Crippen LogP contribution in [0.15, 0.2) is 72.0 Å². The third kappa shape index (κ3) is 3.39. The minimum Gasteiger partial charge on any atom is -0.506 e. The summed E-state index contributed by atoms with van der Waals surface area (Å²) in [6, 6.07) is 15.6. The molecule has 8 heteroatoms. The molecule has 2 aliphatic heterocycles. The van der Waals surface area contributed by atoms with E-state index >= 15 is 8.63 Å². The Bertz CT molecular complexity index is 1570. The maximum atomic E-state index is 16.2. The standard InChI is InChI=1S/C27H23BF2N4O/c1-16-12-18(3)33-26(16)25(21-8-4-20(15-31)5-9-21)27-17(2)13-22(34(27)28(33,29)30)10-6-19-7-11-24(35)23(32)14-19/h4-14,35H,32H2,1-3H3/b10-6+. The number of phenolic OH excluding ortho intramolecular Hbond substituents is 1. The maximum absolute atomic E-state index is 16.2. The molecule has 5 rings (SSSR count). The van der Waals surface area contributed by atoms with Gasteiger partial charge in [-0.3, -0.25) is 0 Å². The van der Waals surface area contributed by atoms with E-state index in [9.17, 15) is 10.4 Å². The van der Waals surface area contributed by atoms with Gasteiger partial charge < -0.3 is 28.4 Å². The van der Waals surface area contributed by atoms with Crippen molar-refractivity contribution in [2.24, 2.45) is 0 Å². The average Bonchev–Trinajstić information content (AvgIpc) is 3.32. The number of nitrogens with zero attached hydrogens (tertiary/aromatic N) is 3. The van der Waals surface area contributed by atoms with Gasteiger partial charge in [0.05, 0.1) is 22.9 Å². The smallest absolute Gasteiger partial charge is 0.506 e. The number of allylic oxidation sites excluding steroid dienone is 3. The number of aryl methyl sites for hydroxylation is 2. The van der Waals surface area contributed by atoms with Gasteiger partial charge in [-0.15, -0.1) is 0 Å². The second-order valence-electron chi connectivity index (χ2n) is 8.96. The van der Waals surface area contributed by atoms with Gasteiger partial charge in [-0.2, -0.15) is 5.26 Å². The van der Waals surface area contributed by atoms with E-state index in [1.807, 2.05) is 26.0 Å². The van der Waals surface area contributed by atoms with E-state index in [0.29, 0.717) is 39.5 Å². The zero-order valence-corrected chi connectivity index (χ0v) is 19.6. The zero-order valence-electron chi connectivity index (χ0n) is 19.6. The van der Waals surface area contributed by atoms with Crippen molar-refractivity contribution >= 4 is 30.0 Å². The number of nitrogen functional groups attached to an aromatic ring is 1. The number of aromatic nitrogens is 1. The van der Waals surface area contributed by atoms with E-state index in [2.05, 4.69) is 6.07 Å². The molecule has 174 valence electrons. The number of aromatic hydroxyl groups is 1. The Morgan fingerprint density at radius 3 is 2.43 bits per heavy atom. The predicted molar refractivity (Wildman–Crippen MR) is 135 cm³/mol. The average molecular weight is 468 g/mol. The Labute approximate surface area is 202 Å². The van der Waals surface area contributed by atoms with Gasteiger partial charge in [0.1, 0.15) is 5.75 Å². The van der Waals surface area contributed by atoms with E-state index in [-0.39, 0.29) is 11.4 Å². The van der Waals surface area contributed by atoms with Crippen molar-refractivity contribution in [3.63, 3.8) is 0 Å². The van der Waals surface area contributed by atoms with Crippen LogP contribution in [0.2, 0.25) is 0 Å². The summed E-state index contributed by atoms with van der Waals surface area (Å²) in [4.78, 5) is 0. The number of nitrogens with two attached hydrogens (primary N) is 1. The molecule has 0 bridgehead atoms. The lowest BCUT2D eigenvalue weighted by molar-refractivity contribution is -0.362. The Kier molecular flexibility index (Phi) is 5.03. The van der Waals surface area contributed by atoms with Crippen molar-refractivity contribution in [2.75, 3.05) is 5.73 Å². The first-order chi connectivity index (χ1) is 16.6. The van der Waals surface area contributed by atoms with Crippen LogP contribution in [0.25, 0.3) is 11.6 Å². The number of rotatable bonds is 3. The van der Waals surface area contributed by atoms with E-state index in [4.69, 9.17) is 5.73 Å². The van der Waals surface area contributed by atoms with Gasteiger partial charge in [-0.25, -0.2) is 0 Å². The monoisotopic (exact) mass is 468 g/mol. The summed E-state index contributed by atoms with van der Waals surface area (Å²) in [6.45, 7) is 1.20. The molecule has 0 atom stereocenters. The topological polar surface area (TPSA) is 78.0 Å². The summed E-state index contributed by atoms with van der Waals surface area (Å²) in [5, 5.41) is 18.9. The van der Waals surface area contributed by atoms with Crippen molar-refractivity contribution < 1.29 is 18.2 Å². The largest absolute Gasteiger partial charge is 0.737 e. The molecule has 2 aromatic carbocycles. The molecule has 0 unspecified atom stereocenters. The lowest BCUT2D eigenvalue weighted by Gasteiger charge is -2.34. The van der Waals surface area contributed by atoms with Crippen LogP contribution in [0.4, 0.5) is 14.3 Å². The molecule has 3 aromatic rings. The molecule has 3 N–H and O–H groups in total. The van der Waals surface area contributed by atoms with Crippen LogP contribution < -0.4 is 5.73 Å². The van der Waals surface area contributed by atoms with Crippen LogP contribution in [0.5, 0.6) is 5.75 Å². The number of hydrogen-bond donors (Lipinski definition) is 2. The van der Waals surface area contributed by atoms with Gasteiger partial charge in [-0.05, 0) is 79.6 Å². The van der Waals surface area contributed by atoms with E-state index < -0.39 is 6.97 Å². The van der Waals surface area contributed by atoms with Crippen molar-refractivity contribution in [1.82, 2.24) is 4.48 Å². The minimum atomic E-state index is -4.17. The number of anilines is 1. The number of nitriles is 1. The highest BCUT2D eigenvalue weighted by atomic mass is 19.2. The quantitative estimate of drug-likeness (QED) is 0.308. The molecule has 0 saturated carbocycles. The summed E-state index contributed by atoms with van der Waals surface area (Å²) in [5.41, 5.74) is 12.0. The van der Waals surface area contributed by atoms with Crippen molar-refractivity contribution in [3.8, 4) is 11.8 Å². The first-order valence-electron chi connectivity index (χ1n) is 11.2. The zero-order chi connectivity index (χ0) is 25.1. The molecule has 0 radical (unpaired) electrons. The van der Waals surface area contributed by atoms with Gasteiger partial charge in [0.15, 0.2) is 11.4 Å². The SMILES string of the molecule is CC1=CC(/C=C/c2ccc(O)c(N)c2)=[N+]2C1=C(c1ccc(C#N)cc1)c1c(C)cc(C)n1[B-]2(F)F. The second-order valence-corrected chi connectivity index (χ2v) is 8.96. The molecule has 3 heterocycles. The number of halogens is 2. The first-order valence-corrected chi connectivity index (χ1v) is 11.2. The van der Waals surface area contributed by atoms with Crippen LogP contribution in [0.3, 0.4) is 0 Å². The highest BCUT2D eigenvalue weighted by Crippen LogP contribution is 2.44. The molecule has 0 saturated heterocycles. The Morgan fingerprint density at radius 1 is 1.06 bits per heavy atom. The summed E-state index contributed by atoms with van der Waals surface area (Å²) in [6.07, 6.45) is 5.10. The molecule has 0 spiro atoms. The Morgan fingerprint density at radius 2 is 1.77 bits per heavy atom. The molecule has 0 amide bonds. The molecule has 0 aliphatic carbocycles. The normalized spacial score (nSPS) is 16.4. The van der Waals surface area contributed by atoms with Gasteiger partial charge in [-0.1, -0.05) is 18.2 Å². The van der Waals surface area contributed by atoms with Crippen LogP contribution >= 0.6 is 0 Å². The minimum absolute atomic E-state index is 0.0273. The molecular weight excluding hydrogens is 445 g/mol. The molecule has 2 aliphatic rings. The molecule has 0 fully saturated rings. The van der Waals surface area contributed by atoms with Gasteiger partial charge in [0.25, 0.3) is 0 Å². The third-order valence-corrected chi connectivity index (χ3v) is 6.57. The summed E-state index contributed by atoms with van der Waals surface area (Å²) in [7, 11) is 0. The van der Waals surface area contributed by atoms with Crippen molar-refractivity contribution in [3.05, 3.63) is 106 Å². The van der Waals surface area contributed by atoms with Crippen LogP contribution in [0.1, 0.15) is 40.6 Å². The van der Waals surface area contributed by atoms with Crippen LogP contribution in [0, 0.1) is 25.2 Å². The highest BCUT2D eigenvalue weighted by Gasteiger charge is 2.55. The van der Waals surface area contributed by atoms with Crippen molar-refractivity contribution in [1.29, 1.82) is 5.26 Å².